The molecule has 4 amide bonds. The molecule has 3 heterocycles. The van der Waals surface area contributed by atoms with Crippen LogP contribution in [0.25, 0.3) is 0 Å². The lowest BCUT2D eigenvalue weighted by molar-refractivity contribution is -0.148. The highest BCUT2D eigenvalue weighted by Gasteiger charge is 2.38. The largest absolute Gasteiger partial charge is 0.405 e. The van der Waals surface area contributed by atoms with E-state index in [0.717, 1.165) is 29.3 Å². The molecule has 204 valence electrons. The first-order valence-electron chi connectivity index (χ1n) is 12.1. The number of aryl methyl sites for hydroxylation is 1. The third-order valence-electron chi connectivity index (χ3n) is 6.40. The molecule has 3 N–H and O–H groups in total. The molecule has 38 heavy (non-hydrogen) atoms. The van der Waals surface area contributed by atoms with E-state index in [1.165, 1.54) is 7.05 Å². The second kappa shape index (κ2) is 10.8. The molecule has 4 rings (SSSR count). The Morgan fingerprint density at radius 1 is 1.18 bits per heavy atom. The number of anilines is 1. The van der Waals surface area contributed by atoms with E-state index in [-0.39, 0.29) is 23.8 Å². The number of benzene rings is 1. The Morgan fingerprint density at radius 3 is 2.66 bits per heavy atom. The van der Waals surface area contributed by atoms with Gasteiger partial charge in [0, 0.05) is 45.1 Å². The van der Waals surface area contributed by atoms with Crippen LogP contribution in [0.15, 0.2) is 30.3 Å². The Kier molecular flexibility index (Phi) is 7.71. The van der Waals surface area contributed by atoms with Gasteiger partial charge in [-0.15, -0.1) is 0 Å². The van der Waals surface area contributed by atoms with Crippen LogP contribution in [0.1, 0.15) is 47.4 Å². The van der Waals surface area contributed by atoms with Crippen LogP contribution in [0.2, 0.25) is 0 Å². The zero-order valence-electron chi connectivity index (χ0n) is 20.8. The highest BCUT2D eigenvalue weighted by molar-refractivity contribution is 5.97. The number of aromatic nitrogens is 2. The maximum Gasteiger partial charge on any atom is 0.405 e. The number of hydrogen-bond acceptors (Lipinski definition) is 6. The topological polar surface area (TPSA) is 129 Å². The molecule has 1 aromatic heterocycles. The molecule has 0 saturated carbocycles. The number of alkyl halides is 3. The Labute approximate surface area is 216 Å². The van der Waals surface area contributed by atoms with Gasteiger partial charge in [-0.1, -0.05) is 31.2 Å². The lowest BCUT2D eigenvalue weighted by Gasteiger charge is -2.28. The van der Waals surface area contributed by atoms with Crippen molar-refractivity contribution in [3.05, 3.63) is 47.2 Å². The Hall–Kier alpha value is -3.94. The fourth-order valence-electron chi connectivity index (χ4n) is 4.47. The van der Waals surface area contributed by atoms with Crippen molar-refractivity contribution in [1.29, 1.82) is 0 Å². The molecular formula is C24H28F3N7O4. The van der Waals surface area contributed by atoms with E-state index in [4.69, 9.17) is 0 Å². The number of hydrazine groups is 1. The summed E-state index contributed by atoms with van der Waals surface area (Å²) in [6.07, 6.45) is -3.98. The zero-order chi connectivity index (χ0) is 27.6. The molecule has 2 atom stereocenters. The van der Waals surface area contributed by atoms with Gasteiger partial charge in [0.15, 0.2) is 5.69 Å². The van der Waals surface area contributed by atoms with Crippen molar-refractivity contribution in [2.75, 3.05) is 25.0 Å². The lowest BCUT2D eigenvalue weighted by atomic mass is 9.98. The van der Waals surface area contributed by atoms with Crippen LogP contribution in [0.4, 0.5) is 19.0 Å². The van der Waals surface area contributed by atoms with Crippen molar-refractivity contribution < 1.29 is 32.3 Å². The molecule has 0 aliphatic carbocycles. The molecule has 1 saturated heterocycles. The minimum absolute atomic E-state index is 0.0711. The van der Waals surface area contributed by atoms with E-state index in [9.17, 15) is 32.3 Å². The summed E-state index contributed by atoms with van der Waals surface area (Å²) >= 11 is 0. The number of halogens is 3. The summed E-state index contributed by atoms with van der Waals surface area (Å²) in [5, 5.41) is 14.5. The molecule has 14 heteroatoms. The first-order valence-corrected chi connectivity index (χ1v) is 12.1. The van der Waals surface area contributed by atoms with Crippen LogP contribution in [0.5, 0.6) is 0 Å². The summed E-state index contributed by atoms with van der Waals surface area (Å²) in [6, 6.07) is 7.67. The Morgan fingerprint density at radius 2 is 1.92 bits per heavy atom. The number of nitrogens with zero attached hydrogens (tertiary/aromatic N) is 4. The van der Waals surface area contributed by atoms with Crippen LogP contribution >= 0.6 is 0 Å². The zero-order valence-corrected chi connectivity index (χ0v) is 20.8. The fourth-order valence-corrected chi connectivity index (χ4v) is 4.47. The van der Waals surface area contributed by atoms with Gasteiger partial charge >= 0.3 is 6.18 Å². The molecule has 0 radical (unpaired) electrons. The Balaban J connectivity index is 1.38. The second-order valence-electron chi connectivity index (χ2n) is 9.33. The standard InChI is InChI=1S/C24H28F3N7O4/c1-14(10-19(35)29-18-11-17(31-32(18)2)22(37)28-13-24(25,26)27)21(36)30-20-16-7-4-3-6-15(16)12-33-8-5-9-34(33)23(20)38/h3-4,6-7,11,14,20H,5,8-10,12-13H2,1-2H3,(H,28,37)(H,29,35)(H,30,36)/t14-,20+/m1/s1. The van der Waals surface area contributed by atoms with Gasteiger partial charge in [-0.05, 0) is 17.5 Å². The molecule has 0 bridgehead atoms. The molecule has 2 aromatic rings. The van der Waals surface area contributed by atoms with Crippen LogP contribution in [0.3, 0.4) is 0 Å². The predicted octanol–water partition coefficient (Wildman–Crippen LogP) is 1.50. The minimum atomic E-state index is -4.57. The third kappa shape index (κ3) is 6.13. The summed E-state index contributed by atoms with van der Waals surface area (Å²) in [7, 11) is 1.41. The minimum Gasteiger partial charge on any atom is -0.342 e. The maximum atomic E-state index is 13.3. The highest BCUT2D eigenvalue weighted by atomic mass is 19.4. The summed E-state index contributed by atoms with van der Waals surface area (Å²) in [5.74, 6) is -3.08. The summed E-state index contributed by atoms with van der Waals surface area (Å²) in [5.41, 5.74) is 1.34. The molecule has 1 aromatic carbocycles. The van der Waals surface area contributed by atoms with E-state index in [0.29, 0.717) is 18.7 Å². The van der Waals surface area contributed by atoms with E-state index in [1.807, 2.05) is 23.2 Å². The van der Waals surface area contributed by atoms with Gasteiger partial charge in [-0.3, -0.25) is 28.9 Å². The molecule has 2 aliphatic rings. The van der Waals surface area contributed by atoms with Crippen molar-refractivity contribution in [3.8, 4) is 0 Å². The van der Waals surface area contributed by atoms with Crippen LogP contribution in [-0.2, 0) is 28.0 Å². The van der Waals surface area contributed by atoms with Gasteiger partial charge in [0.1, 0.15) is 18.4 Å². The number of hydrogen-bond donors (Lipinski definition) is 3. The van der Waals surface area contributed by atoms with Gasteiger partial charge in [-0.2, -0.15) is 18.3 Å². The SMILES string of the molecule is C[C@H](CC(=O)Nc1cc(C(=O)NCC(F)(F)F)nn1C)C(=O)N[C@@H]1C(=O)N2CCCN2Cc2ccccc21. The maximum absolute atomic E-state index is 13.3. The summed E-state index contributed by atoms with van der Waals surface area (Å²) in [6.45, 7) is 1.91. The molecule has 1 fully saturated rings. The van der Waals surface area contributed by atoms with Crippen LogP contribution in [0, 0.1) is 5.92 Å². The van der Waals surface area contributed by atoms with E-state index < -0.39 is 42.4 Å². The van der Waals surface area contributed by atoms with Crippen molar-refractivity contribution >= 4 is 29.4 Å². The predicted molar refractivity (Wildman–Crippen MR) is 128 cm³/mol. The highest BCUT2D eigenvalue weighted by Crippen LogP contribution is 2.30. The fraction of sp³-hybridized carbons (Fsp3) is 0.458. The molecule has 2 aliphatic heterocycles. The molecular weight excluding hydrogens is 507 g/mol. The van der Waals surface area contributed by atoms with Crippen LogP contribution < -0.4 is 16.0 Å². The quantitative estimate of drug-likeness (QED) is 0.493. The van der Waals surface area contributed by atoms with Gasteiger partial charge in [-0.25, -0.2) is 5.01 Å². The molecule has 0 unspecified atom stereocenters. The second-order valence-corrected chi connectivity index (χ2v) is 9.33. The first-order chi connectivity index (χ1) is 17.9. The molecule has 11 nitrogen and oxygen atoms in total. The van der Waals surface area contributed by atoms with E-state index >= 15 is 0 Å². The van der Waals surface area contributed by atoms with E-state index in [2.05, 4.69) is 15.7 Å². The average molecular weight is 536 g/mol. The van der Waals surface area contributed by atoms with Gasteiger partial charge in [0.2, 0.25) is 11.8 Å². The smallest absolute Gasteiger partial charge is 0.342 e. The third-order valence-corrected chi connectivity index (χ3v) is 6.40. The number of carbonyl (C=O) groups is 4. The number of rotatable bonds is 7. The number of nitrogens with one attached hydrogen (secondary N) is 3. The number of fused-ring (bicyclic) bond motifs is 2. The monoisotopic (exact) mass is 535 g/mol. The van der Waals surface area contributed by atoms with Crippen molar-refractivity contribution in [3.63, 3.8) is 0 Å². The van der Waals surface area contributed by atoms with Gasteiger partial charge < -0.3 is 16.0 Å². The number of amides is 4. The molecule has 0 spiro atoms. The summed E-state index contributed by atoms with van der Waals surface area (Å²) < 4.78 is 38.2. The van der Waals surface area contributed by atoms with Crippen molar-refractivity contribution in [2.45, 2.75) is 38.5 Å². The van der Waals surface area contributed by atoms with E-state index in [1.54, 1.807) is 23.3 Å². The van der Waals surface area contributed by atoms with Crippen LogP contribution in [-0.4, -0.2) is 69.2 Å². The average Bonchev–Trinajstić information content (AvgIpc) is 3.44. The first kappa shape index (κ1) is 27.1. The van der Waals surface area contributed by atoms with Crippen molar-refractivity contribution in [1.82, 2.24) is 30.4 Å². The Bertz CT molecular complexity index is 1250. The van der Waals surface area contributed by atoms with Gasteiger partial charge in [0.05, 0.1) is 0 Å². The number of carbonyl (C=O) groups excluding carboxylic acids is 4. The van der Waals surface area contributed by atoms with Crippen molar-refractivity contribution in [2.24, 2.45) is 13.0 Å². The summed E-state index contributed by atoms with van der Waals surface area (Å²) in [4.78, 5) is 50.9. The van der Waals surface area contributed by atoms with Gasteiger partial charge in [0.25, 0.3) is 11.8 Å². The lowest BCUT2D eigenvalue weighted by Crippen LogP contribution is -2.46. The normalized spacial score (nSPS) is 18.3.